The average molecular weight is 388 g/mol. The first-order valence-electron chi connectivity index (χ1n) is 10.1. The molecule has 28 heavy (non-hydrogen) atoms. The standard InChI is InChI=1S/C22H33N3O3/c1-6-18(26)19-20(16-10-12-17(13-11-16)24(7-2)8-3)25(22(28)21(19)27)15-9-14-23(4)5/h10-13,20,27H,6-9,14-15H2,1-5H3. The summed E-state index contributed by atoms with van der Waals surface area (Å²) < 4.78 is 0. The molecule has 0 bridgehead atoms. The molecule has 1 aromatic rings. The Balaban J connectivity index is 2.38. The molecule has 6 heteroatoms. The Morgan fingerprint density at radius 2 is 1.71 bits per heavy atom. The minimum absolute atomic E-state index is 0.182. The molecule has 0 fully saturated rings. The maximum Gasteiger partial charge on any atom is 0.290 e. The molecular weight excluding hydrogens is 354 g/mol. The van der Waals surface area contributed by atoms with E-state index in [1.54, 1.807) is 11.8 Å². The third-order valence-corrected chi connectivity index (χ3v) is 5.27. The van der Waals surface area contributed by atoms with E-state index in [0.717, 1.165) is 37.3 Å². The topological polar surface area (TPSA) is 64.1 Å². The number of amides is 1. The van der Waals surface area contributed by atoms with Crippen molar-refractivity contribution in [2.75, 3.05) is 45.2 Å². The highest BCUT2D eigenvalue weighted by molar-refractivity contribution is 6.08. The van der Waals surface area contributed by atoms with Crippen molar-refractivity contribution in [1.29, 1.82) is 0 Å². The molecule has 0 aromatic heterocycles. The lowest BCUT2D eigenvalue weighted by Crippen LogP contribution is -2.33. The van der Waals surface area contributed by atoms with Crippen molar-refractivity contribution in [3.05, 3.63) is 41.2 Å². The van der Waals surface area contributed by atoms with Crippen LogP contribution in [0.3, 0.4) is 0 Å². The minimum atomic E-state index is -0.520. The van der Waals surface area contributed by atoms with E-state index in [1.807, 2.05) is 38.4 Å². The van der Waals surface area contributed by atoms with Crippen molar-refractivity contribution in [1.82, 2.24) is 9.80 Å². The van der Waals surface area contributed by atoms with Gasteiger partial charge in [0.05, 0.1) is 11.6 Å². The molecule has 154 valence electrons. The number of aliphatic hydroxyl groups is 1. The number of nitrogens with zero attached hydrogens (tertiary/aromatic N) is 3. The van der Waals surface area contributed by atoms with Crippen molar-refractivity contribution in [2.45, 2.75) is 39.7 Å². The second kappa shape index (κ2) is 9.73. The first-order valence-corrected chi connectivity index (χ1v) is 10.1. The summed E-state index contributed by atoms with van der Waals surface area (Å²) in [6.45, 7) is 9.11. The Morgan fingerprint density at radius 3 is 2.21 bits per heavy atom. The molecular formula is C22H33N3O3. The van der Waals surface area contributed by atoms with Gasteiger partial charge in [-0.15, -0.1) is 0 Å². The molecule has 1 amide bonds. The number of carbonyl (C=O) groups is 2. The summed E-state index contributed by atoms with van der Waals surface area (Å²) in [5.74, 6) is -1.03. The molecule has 1 unspecified atom stereocenters. The Morgan fingerprint density at radius 1 is 1.11 bits per heavy atom. The van der Waals surface area contributed by atoms with Crippen LogP contribution < -0.4 is 4.90 Å². The third kappa shape index (κ3) is 4.55. The first kappa shape index (κ1) is 22.0. The lowest BCUT2D eigenvalue weighted by atomic mass is 9.94. The summed E-state index contributed by atoms with van der Waals surface area (Å²) in [4.78, 5) is 31.2. The maximum atomic E-state index is 12.7. The van der Waals surface area contributed by atoms with Crippen LogP contribution >= 0.6 is 0 Å². The summed E-state index contributed by atoms with van der Waals surface area (Å²) in [5.41, 5.74) is 2.19. The van der Waals surface area contributed by atoms with Crippen LogP contribution in [0.1, 0.15) is 45.2 Å². The van der Waals surface area contributed by atoms with Gasteiger partial charge in [-0.25, -0.2) is 0 Å². The van der Waals surface area contributed by atoms with Crippen LogP contribution in [0.4, 0.5) is 5.69 Å². The van der Waals surface area contributed by atoms with E-state index in [2.05, 4.69) is 23.6 Å². The zero-order chi connectivity index (χ0) is 20.8. The molecule has 1 N–H and O–H groups in total. The monoisotopic (exact) mass is 387 g/mol. The molecule has 1 heterocycles. The third-order valence-electron chi connectivity index (χ3n) is 5.27. The largest absolute Gasteiger partial charge is 0.503 e. The zero-order valence-electron chi connectivity index (χ0n) is 17.7. The number of hydrogen-bond acceptors (Lipinski definition) is 5. The number of Topliss-reactive ketones (excluding diaryl/α,β-unsaturated/α-hetero) is 1. The van der Waals surface area contributed by atoms with Crippen molar-refractivity contribution in [3.63, 3.8) is 0 Å². The molecule has 0 aliphatic carbocycles. The summed E-state index contributed by atoms with van der Waals surface area (Å²) >= 11 is 0. The lowest BCUT2D eigenvalue weighted by Gasteiger charge is -2.28. The molecule has 0 radical (unpaired) electrons. The minimum Gasteiger partial charge on any atom is -0.503 e. The van der Waals surface area contributed by atoms with Gasteiger partial charge >= 0.3 is 0 Å². The fourth-order valence-electron chi connectivity index (χ4n) is 3.72. The first-order chi connectivity index (χ1) is 13.3. The summed E-state index contributed by atoms with van der Waals surface area (Å²) in [5, 5.41) is 10.4. The Kier molecular flexibility index (Phi) is 7.63. The molecule has 1 aliphatic heterocycles. The van der Waals surface area contributed by atoms with E-state index >= 15 is 0 Å². The van der Waals surface area contributed by atoms with E-state index < -0.39 is 17.7 Å². The van der Waals surface area contributed by atoms with Gasteiger partial charge in [-0.05, 0) is 58.6 Å². The summed E-state index contributed by atoms with van der Waals surface area (Å²) in [7, 11) is 3.97. The van der Waals surface area contributed by atoms with Gasteiger partial charge in [-0.1, -0.05) is 19.1 Å². The van der Waals surface area contributed by atoms with Gasteiger partial charge in [-0.2, -0.15) is 0 Å². The van der Waals surface area contributed by atoms with E-state index in [4.69, 9.17) is 0 Å². The van der Waals surface area contributed by atoms with Crippen molar-refractivity contribution in [2.24, 2.45) is 0 Å². The summed E-state index contributed by atoms with van der Waals surface area (Å²) in [6, 6.07) is 7.45. The number of rotatable bonds is 10. The second-order valence-corrected chi connectivity index (χ2v) is 7.36. The Labute approximate surface area is 168 Å². The molecule has 1 aromatic carbocycles. The number of aliphatic hydroxyl groups excluding tert-OH is 1. The van der Waals surface area contributed by atoms with Crippen LogP contribution in [0.2, 0.25) is 0 Å². The van der Waals surface area contributed by atoms with Crippen molar-refractivity contribution < 1.29 is 14.7 Å². The molecule has 6 nitrogen and oxygen atoms in total. The van der Waals surface area contributed by atoms with Crippen LogP contribution in [-0.2, 0) is 9.59 Å². The van der Waals surface area contributed by atoms with Crippen molar-refractivity contribution in [3.8, 4) is 0 Å². The zero-order valence-corrected chi connectivity index (χ0v) is 17.7. The Hall–Kier alpha value is -2.34. The fraction of sp³-hybridized carbons (Fsp3) is 0.545. The molecule has 1 atom stereocenters. The predicted octanol–water partition coefficient (Wildman–Crippen LogP) is 3.16. The molecule has 0 saturated carbocycles. The summed E-state index contributed by atoms with van der Waals surface area (Å²) in [6.07, 6.45) is 1.03. The normalized spacial score (nSPS) is 17.0. The smallest absolute Gasteiger partial charge is 0.290 e. The fourth-order valence-corrected chi connectivity index (χ4v) is 3.72. The maximum absolute atomic E-state index is 12.7. The average Bonchev–Trinajstić information content (AvgIpc) is 2.93. The van der Waals surface area contributed by atoms with E-state index in [-0.39, 0.29) is 17.8 Å². The highest BCUT2D eigenvalue weighted by Crippen LogP contribution is 2.38. The van der Waals surface area contributed by atoms with Gasteiger partial charge in [0.25, 0.3) is 5.91 Å². The van der Waals surface area contributed by atoms with Gasteiger partial charge in [-0.3, -0.25) is 9.59 Å². The molecule has 0 spiro atoms. The van der Waals surface area contributed by atoms with E-state index in [1.165, 1.54) is 0 Å². The van der Waals surface area contributed by atoms with Crippen LogP contribution in [0, 0.1) is 0 Å². The Bertz CT molecular complexity index is 721. The van der Waals surface area contributed by atoms with Crippen LogP contribution in [0.25, 0.3) is 0 Å². The molecule has 2 rings (SSSR count). The quantitative estimate of drug-likeness (QED) is 0.668. The van der Waals surface area contributed by atoms with Gasteiger partial charge in [0.15, 0.2) is 11.5 Å². The molecule has 0 saturated heterocycles. The van der Waals surface area contributed by atoms with Gasteiger partial charge < -0.3 is 19.8 Å². The highest BCUT2D eigenvalue weighted by atomic mass is 16.3. The lowest BCUT2D eigenvalue weighted by molar-refractivity contribution is -0.129. The SMILES string of the molecule is CCC(=O)C1=C(O)C(=O)N(CCCN(C)C)C1c1ccc(N(CC)CC)cc1. The number of ketones is 1. The second-order valence-electron chi connectivity index (χ2n) is 7.36. The van der Waals surface area contributed by atoms with Gasteiger partial charge in [0, 0.05) is 31.7 Å². The van der Waals surface area contributed by atoms with Crippen LogP contribution in [0.15, 0.2) is 35.6 Å². The number of anilines is 1. The van der Waals surface area contributed by atoms with E-state index in [0.29, 0.717) is 6.54 Å². The van der Waals surface area contributed by atoms with Crippen molar-refractivity contribution >= 4 is 17.4 Å². The number of hydrogen-bond donors (Lipinski definition) is 1. The van der Waals surface area contributed by atoms with Gasteiger partial charge in [0.1, 0.15) is 0 Å². The van der Waals surface area contributed by atoms with Gasteiger partial charge in [0.2, 0.25) is 0 Å². The van der Waals surface area contributed by atoms with E-state index in [9.17, 15) is 14.7 Å². The number of benzene rings is 1. The highest BCUT2D eigenvalue weighted by Gasteiger charge is 2.42. The molecule has 1 aliphatic rings. The number of carbonyl (C=O) groups excluding carboxylic acids is 2. The van der Waals surface area contributed by atoms with Crippen LogP contribution in [-0.4, -0.2) is 66.9 Å². The predicted molar refractivity (Wildman–Crippen MR) is 113 cm³/mol. The van der Waals surface area contributed by atoms with Crippen LogP contribution in [0.5, 0.6) is 0 Å².